The van der Waals surface area contributed by atoms with E-state index in [1.165, 1.54) is 17.0 Å². The molecule has 1 aliphatic heterocycles. The lowest BCUT2D eigenvalue weighted by atomic mass is 10.2. The molecule has 0 aliphatic carbocycles. The van der Waals surface area contributed by atoms with Crippen LogP contribution in [0.2, 0.25) is 4.34 Å². The normalized spacial score (nSPS) is 14.5. The molecule has 1 aliphatic rings. The van der Waals surface area contributed by atoms with E-state index >= 15 is 0 Å². The molecule has 0 bridgehead atoms. The summed E-state index contributed by atoms with van der Waals surface area (Å²) in [4.78, 5) is 12.4. The maximum absolute atomic E-state index is 6.06. The standard InChI is InChI=1S/C19H19ClN4OS/c1-13-12-21-19(23-18(13)16-6-7-17(20)26-16)22-14-2-4-15(5-3-14)24-8-10-25-11-9-24/h2-7,12H,8-11H2,1H3,(H,21,22,23). The van der Waals surface area contributed by atoms with Crippen LogP contribution >= 0.6 is 22.9 Å². The van der Waals surface area contributed by atoms with Gasteiger partial charge in [0.15, 0.2) is 0 Å². The minimum Gasteiger partial charge on any atom is -0.378 e. The molecule has 1 N–H and O–H groups in total. The van der Waals surface area contributed by atoms with Gasteiger partial charge < -0.3 is 15.0 Å². The molecule has 26 heavy (non-hydrogen) atoms. The Morgan fingerprint density at radius 1 is 1.12 bits per heavy atom. The number of aryl methyl sites for hydroxylation is 1. The Morgan fingerprint density at radius 2 is 1.88 bits per heavy atom. The van der Waals surface area contributed by atoms with E-state index in [-0.39, 0.29) is 0 Å². The zero-order chi connectivity index (χ0) is 17.9. The highest BCUT2D eigenvalue weighted by Crippen LogP contribution is 2.32. The van der Waals surface area contributed by atoms with Crippen LogP contribution in [0, 0.1) is 6.92 Å². The smallest absolute Gasteiger partial charge is 0.227 e. The summed E-state index contributed by atoms with van der Waals surface area (Å²) in [5, 5.41) is 3.28. The minimum absolute atomic E-state index is 0.578. The lowest BCUT2D eigenvalue weighted by Gasteiger charge is -2.28. The molecule has 0 unspecified atom stereocenters. The molecule has 3 heterocycles. The molecular formula is C19H19ClN4OS. The maximum atomic E-state index is 6.06. The van der Waals surface area contributed by atoms with Crippen molar-refractivity contribution in [3.05, 3.63) is 52.5 Å². The summed E-state index contributed by atoms with van der Waals surface area (Å²) in [7, 11) is 0. The molecule has 1 saturated heterocycles. The number of aromatic nitrogens is 2. The van der Waals surface area contributed by atoms with Crippen LogP contribution in [0.5, 0.6) is 0 Å². The van der Waals surface area contributed by atoms with Crippen LogP contribution in [0.4, 0.5) is 17.3 Å². The van der Waals surface area contributed by atoms with Gasteiger partial charge in [-0.25, -0.2) is 9.97 Å². The van der Waals surface area contributed by atoms with E-state index in [0.717, 1.165) is 52.5 Å². The summed E-state index contributed by atoms with van der Waals surface area (Å²) in [5.41, 5.74) is 4.10. The zero-order valence-corrected chi connectivity index (χ0v) is 16.0. The first-order valence-electron chi connectivity index (χ1n) is 8.48. The highest BCUT2D eigenvalue weighted by atomic mass is 35.5. The third-order valence-electron chi connectivity index (χ3n) is 4.28. The Kier molecular flexibility index (Phi) is 5.06. The average Bonchev–Trinajstić information content (AvgIpc) is 3.11. The number of hydrogen-bond donors (Lipinski definition) is 1. The lowest BCUT2D eigenvalue weighted by Crippen LogP contribution is -2.36. The Bertz CT molecular complexity index is 891. The molecule has 0 radical (unpaired) electrons. The third kappa shape index (κ3) is 3.82. The first-order valence-corrected chi connectivity index (χ1v) is 9.67. The van der Waals surface area contributed by atoms with Gasteiger partial charge in [0.05, 0.1) is 28.1 Å². The van der Waals surface area contributed by atoms with Gasteiger partial charge in [-0.3, -0.25) is 0 Å². The van der Waals surface area contributed by atoms with E-state index in [4.69, 9.17) is 16.3 Å². The summed E-state index contributed by atoms with van der Waals surface area (Å²) >= 11 is 7.58. The fourth-order valence-electron chi connectivity index (χ4n) is 2.90. The minimum atomic E-state index is 0.578. The van der Waals surface area contributed by atoms with Crippen LogP contribution in [0.3, 0.4) is 0 Å². The zero-order valence-electron chi connectivity index (χ0n) is 14.4. The number of halogens is 1. The molecule has 5 nitrogen and oxygen atoms in total. The summed E-state index contributed by atoms with van der Waals surface area (Å²) in [6.07, 6.45) is 1.83. The van der Waals surface area contributed by atoms with Gasteiger partial charge in [0.1, 0.15) is 0 Å². The Balaban J connectivity index is 1.52. The number of nitrogens with zero attached hydrogens (tertiary/aromatic N) is 3. The van der Waals surface area contributed by atoms with Crippen molar-refractivity contribution < 1.29 is 4.74 Å². The molecule has 3 aromatic rings. The van der Waals surface area contributed by atoms with Gasteiger partial charge in [0.2, 0.25) is 5.95 Å². The third-order valence-corrected chi connectivity index (χ3v) is 5.52. The van der Waals surface area contributed by atoms with Crippen LogP contribution in [0.25, 0.3) is 10.6 Å². The molecule has 134 valence electrons. The van der Waals surface area contributed by atoms with Crippen molar-refractivity contribution in [2.75, 3.05) is 36.5 Å². The number of rotatable bonds is 4. The van der Waals surface area contributed by atoms with E-state index in [9.17, 15) is 0 Å². The topological polar surface area (TPSA) is 50.3 Å². The Labute approximate surface area is 161 Å². The van der Waals surface area contributed by atoms with E-state index in [1.807, 2.05) is 25.3 Å². The van der Waals surface area contributed by atoms with Gasteiger partial charge in [-0.05, 0) is 48.9 Å². The number of benzene rings is 1. The number of morpholine rings is 1. The number of ether oxygens (including phenoxy) is 1. The lowest BCUT2D eigenvalue weighted by molar-refractivity contribution is 0.122. The highest BCUT2D eigenvalue weighted by molar-refractivity contribution is 7.19. The molecule has 0 spiro atoms. The monoisotopic (exact) mass is 386 g/mol. The molecule has 2 aromatic heterocycles. The molecule has 1 aromatic carbocycles. The van der Waals surface area contributed by atoms with Gasteiger partial charge in [0.25, 0.3) is 0 Å². The van der Waals surface area contributed by atoms with Gasteiger partial charge >= 0.3 is 0 Å². The molecule has 0 saturated carbocycles. The first kappa shape index (κ1) is 17.3. The second-order valence-electron chi connectivity index (χ2n) is 6.10. The Morgan fingerprint density at radius 3 is 2.58 bits per heavy atom. The van der Waals surface area contributed by atoms with E-state index in [0.29, 0.717) is 5.95 Å². The van der Waals surface area contributed by atoms with Crippen molar-refractivity contribution in [3.63, 3.8) is 0 Å². The van der Waals surface area contributed by atoms with Crippen LogP contribution < -0.4 is 10.2 Å². The van der Waals surface area contributed by atoms with Crippen LogP contribution in [0.15, 0.2) is 42.6 Å². The average molecular weight is 387 g/mol. The summed E-state index contributed by atoms with van der Waals surface area (Å²) in [5.74, 6) is 0.578. The molecular weight excluding hydrogens is 368 g/mol. The predicted octanol–water partition coefficient (Wildman–Crippen LogP) is 4.75. The fourth-order valence-corrected chi connectivity index (χ4v) is 4.00. The van der Waals surface area contributed by atoms with Crippen molar-refractivity contribution >= 4 is 40.3 Å². The van der Waals surface area contributed by atoms with E-state index < -0.39 is 0 Å². The quantitative estimate of drug-likeness (QED) is 0.701. The van der Waals surface area contributed by atoms with Crippen molar-refractivity contribution in [3.8, 4) is 10.6 Å². The molecule has 0 atom stereocenters. The first-order chi connectivity index (χ1) is 12.7. The second-order valence-corrected chi connectivity index (χ2v) is 7.82. The predicted molar refractivity (Wildman–Crippen MR) is 108 cm³/mol. The molecule has 7 heteroatoms. The van der Waals surface area contributed by atoms with Crippen LogP contribution in [0.1, 0.15) is 5.56 Å². The fraction of sp³-hybridized carbons (Fsp3) is 0.263. The van der Waals surface area contributed by atoms with Gasteiger partial charge in [0, 0.05) is 30.7 Å². The highest BCUT2D eigenvalue weighted by Gasteiger charge is 2.12. The Hall–Kier alpha value is -2.15. The summed E-state index contributed by atoms with van der Waals surface area (Å²) < 4.78 is 6.16. The number of thiophene rings is 1. The second kappa shape index (κ2) is 7.61. The number of nitrogens with one attached hydrogen (secondary N) is 1. The van der Waals surface area contributed by atoms with Crippen molar-refractivity contribution in [1.29, 1.82) is 0 Å². The van der Waals surface area contributed by atoms with Crippen LogP contribution in [-0.4, -0.2) is 36.3 Å². The van der Waals surface area contributed by atoms with Crippen LogP contribution in [-0.2, 0) is 4.74 Å². The SMILES string of the molecule is Cc1cnc(Nc2ccc(N3CCOCC3)cc2)nc1-c1ccc(Cl)s1. The summed E-state index contributed by atoms with van der Waals surface area (Å²) in [6.45, 7) is 5.43. The summed E-state index contributed by atoms with van der Waals surface area (Å²) in [6, 6.07) is 12.2. The van der Waals surface area contributed by atoms with Crippen molar-refractivity contribution in [2.24, 2.45) is 0 Å². The van der Waals surface area contributed by atoms with Crippen molar-refractivity contribution in [2.45, 2.75) is 6.92 Å². The largest absolute Gasteiger partial charge is 0.378 e. The number of hydrogen-bond acceptors (Lipinski definition) is 6. The van der Waals surface area contributed by atoms with Gasteiger partial charge in [-0.15, -0.1) is 11.3 Å². The molecule has 0 amide bonds. The molecule has 4 rings (SSSR count). The van der Waals surface area contributed by atoms with E-state index in [2.05, 4.69) is 44.5 Å². The van der Waals surface area contributed by atoms with E-state index in [1.54, 1.807) is 0 Å². The van der Waals surface area contributed by atoms with Crippen molar-refractivity contribution in [1.82, 2.24) is 9.97 Å². The maximum Gasteiger partial charge on any atom is 0.227 e. The van der Waals surface area contributed by atoms with Gasteiger partial charge in [-0.1, -0.05) is 11.6 Å². The van der Waals surface area contributed by atoms with Gasteiger partial charge in [-0.2, -0.15) is 0 Å². The molecule has 1 fully saturated rings. The number of anilines is 3.